The first-order valence-electron chi connectivity index (χ1n) is 10.7. The zero-order valence-electron chi connectivity index (χ0n) is 19.9. The second-order valence-corrected chi connectivity index (χ2v) is 10.3. The summed E-state index contributed by atoms with van der Waals surface area (Å²) in [7, 11) is -0.739. The molecule has 182 valence electrons. The van der Waals surface area contributed by atoms with Crippen molar-refractivity contribution in [2.24, 2.45) is 0 Å². The number of hydrogen-bond donors (Lipinski definition) is 1. The van der Waals surface area contributed by atoms with Gasteiger partial charge in [-0.2, -0.15) is 0 Å². The predicted molar refractivity (Wildman–Crippen MR) is 132 cm³/mol. The van der Waals surface area contributed by atoms with Gasteiger partial charge in [-0.05, 0) is 55.8 Å². The van der Waals surface area contributed by atoms with Crippen LogP contribution in [0.1, 0.15) is 37.4 Å². The number of amides is 1. The highest BCUT2D eigenvalue weighted by Crippen LogP contribution is 2.20. The van der Waals surface area contributed by atoms with Crippen molar-refractivity contribution in [1.29, 1.82) is 0 Å². The van der Waals surface area contributed by atoms with Crippen molar-refractivity contribution in [1.82, 2.24) is 4.31 Å². The highest BCUT2D eigenvalue weighted by atomic mass is 32.2. The topological polar surface area (TPSA) is 110 Å². The molecule has 8 nitrogen and oxygen atoms in total. The Morgan fingerprint density at radius 1 is 0.857 bits per heavy atom. The first kappa shape index (κ1) is 25.8. The summed E-state index contributed by atoms with van der Waals surface area (Å²) < 4.78 is 30.5. The quantitative estimate of drug-likeness (QED) is 0.379. The van der Waals surface area contributed by atoms with Gasteiger partial charge >= 0.3 is 5.97 Å². The summed E-state index contributed by atoms with van der Waals surface area (Å²) in [6.07, 6.45) is 0. The fourth-order valence-electron chi connectivity index (χ4n) is 3.31. The average molecular weight is 495 g/mol. The summed E-state index contributed by atoms with van der Waals surface area (Å²) in [5.74, 6) is -1.72. The lowest BCUT2D eigenvalue weighted by Crippen LogP contribution is -2.23. The Labute approximate surface area is 204 Å². The molecule has 0 fully saturated rings. The van der Waals surface area contributed by atoms with E-state index in [0.717, 1.165) is 15.4 Å². The van der Waals surface area contributed by atoms with E-state index in [0.29, 0.717) is 11.3 Å². The van der Waals surface area contributed by atoms with E-state index in [-0.39, 0.29) is 21.8 Å². The molecule has 0 aliphatic rings. The van der Waals surface area contributed by atoms with Crippen molar-refractivity contribution in [3.63, 3.8) is 0 Å². The van der Waals surface area contributed by atoms with Gasteiger partial charge in [-0.1, -0.05) is 35.9 Å². The molecule has 0 aromatic heterocycles. The maximum absolute atomic E-state index is 13.1. The number of carbonyl (C=O) groups excluding carboxylic acids is 3. The molecule has 0 aliphatic carbocycles. The smallest absolute Gasteiger partial charge is 0.339 e. The summed E-state index contributed by atoms with van der Waals surface area (Å²) in [5, 5.41) is 2.54. The first-order chi connectivity index (χ1) is 16.5. The van der Waals surface area contributed by atoms with Crippen LogP contribution in [0, 0.1) is 13.8 Å². The van der Waals surface area contributed by atoms with Crippen LogP contribution in [-0.4, -0.2) is 51.1 Å². The molecule has 0 aliphatic heterocycles. The average Bonchev–Trinajstić information content (AvgIpc) is 2.83. The van der Waals surface area contributed by atoms with Gasteiger partial charge in [0.1, 0.15) is 0 Å². The van der Waals surface area contributed by atoms with Gasteiger partial charge in [0.25, 0.3) is 5.91 Å². The maximum atomic E-state index is 13.1. The monoisotopic (exact) mass is 494 g/mol. The van der Waals surface area contributed by atoms with Gasteiger partial charge in [-0.15, -0.1) is 0 Å². The number of anilines is 1. The number of rotatable bonds is 8. The normalized spacial score (nSPS) is 11.2. The van der Waals surface area contributed by atoms with Crippen molar-refractivity contribution in [2.75, 3.05) is 26.0 Å². The molecule has 1 N–H and O–H groups in total. The van der Waals surface area contributed by atoms with Crippen LogP contribution in [0.5, 0.6) is 0 Å². The largest absolute Gasteiger partial charge is 0.452 e. The third kappa shape index (κ3) is 6.00. The van der Waals surface area contributed by atoms with Crippen molar-refractivity contribution < 1.29 is 27.5 Å². The van der Waals surface area contributed by atoms with Gasteiger partial charge in [0, 0.05) is 30.9 Å². The van der Waals surface area contributed by atoms with Crippen LogP contribution in [0.2, 0.25) is 0 Å². The van der Waals surface area contributed by atoms with Gasteiger partial charge in [0.2, 0.25) is 10.0 Å². The summed E-state index contributed by atoms with van der Waals surface area (Å²) in [5.41, 5.74) is 2.78. The highest BCUT2D eigenvalue weighted by Gasteiger charge is 2.21. The van der Waals surface area contributed by atoms with E-state index >= 15 is 0 Å². The molecule has 3 aromatic rings. The maximum Gasteiger partial charge on any atom is 0.339 e. The van der Waals surface area contributed by atoms with E-state index in [4.69, 9.17) is 4.74 Å². The summed E-state index contributed by atoms with van der Waals surface area (Å²) in [6.45, 7) is 3.12. The molecule has 0 atom stereocenters. The summed E-state index contributed by atoms with van der Waals surface area (Å²) >= 11 is 0. The van der Waals surface area contributed by atoms with E-state index in [9.17, 15) is 22.8 Å². The number of nitrogens with one attached hydrogen (secondary N) is 1. The number of carbonyl (C=O) groups is 3. The molecule has 0 spiro atoms. The van der Waals surface area contributed by atoms with Crippen molar-refractivity contribution in [3.05, 3.63) is 94.5 Å². The van der Waals surface area contributed by atoms with Gasteiger partial charge in [-0.3, -0.25) is 9.59 Å². The lowest BCUT2D eigenvalue weighted by atomic mass is 9.94. The third-order valence-electron chi connectivity index (χ3n) is 5.28. The molecular formula is C26H26N2O6S. The Morgan fingerprint density at radius 2 is 1.49 bits per heavy atom. The predicted octanol–water partition coefficient (Wildman–Crippen LogP) is 3.58. The molecule has 0 saturated carbocycles. The number of ether oxygens (including phenoxy) is 1. The second-order valence-electron chi connectivity index (χ2n) is 8.13. The fourth-order valence-corrected chi connectivity index (χ4v) is 4.21. The highest BCUT2D eigenvalue weighted by molar-refractivity contribution is 7.89. The van der Waals surface area contributed by atoms with Gasteiger partial charge < -0.3 is 10.1 Å². The molecule has 1 amide bonds. The van der Waals surface area contributed by atoms with E-state index in [2.05, 4.69) is 5.32 Å². The van der Waals surface area contributed by atoms with Crippen molar-refractivity contribution in [3.8, 4) is 0 Å². The standard InChI is InChI=1S/C26H26N2O6S/c1-17-9-10-18(2)23(15-17)25(30)21-7-5-6-8-22(21)26(31)34-16-24(29)27-19-11-13-20(14-12-19)35(32,33)28(3)4/h5-15H,16H2,1-4H3,(H,27,29). The molecule has 0 unspecified atom stereocenters. The number of ketones is 1. The lowest BCUT2D eigenvalue weighted by molar-refractivity contribution is -0.119. The number of sulfonamides is 1. The third-order valence-corrected chi connectivity index (χ3v) is 7.11. The van der Waals surface area contributed by atoms with E-state index in [1.54, 1.807) is 24.3 Å². The van der Waals surface area contributed by atoms with Gasteiger partial charge in [0.15, 0.2) is 12.4 Å². The number of esters is 1. The zero-order chi connectivity index (χ0) is 25.8. The van der Waals surface area contributed by atoms with Crippen molar-refractivity contribution in [2.45, 2.75) is 18.7 Å². The molecular weight excluding hydrogens is 468 g/mol. The second kappa shape index (κ2) is 10.6. The minimum absolute atomic E-state index is 0.0597. The SMILES string of the molecule is Cc1ccc(C)c(C(=O)c2ccccc2C(=O)OCC(=O)Nc2ccc(S(=O)(=O)N(C)C)cc2)c1. The molecule has 0 radical (unpaired) electrons. The molecule has 9 heteroatoms. The first-order valence-corrected chi connectivity index (χ1v) is 12.1. The van der Waals surface area contributed by atoms with Crippen LogP contribution in [0.15, 0.2) is 71.6 Å². The Kier molecular flexibility index (Phi) is 7.83. The Hall–Kier alpha value is -3.82. The molecule has 0 heterocycles. The van der Waals surface area contributed by atoms with Crippen LogP contribution in [0.25, 0.3) is 0 Å². The summed E-state index contributed by atoms with van der Waals surface area (Å²) in [4.78, 5) is 38.2. The number of aryl methyl sites for hydroxylation is 2. The van der Waals surface area contributed by atoms with E-state index in [1.807, 2.05) is 26.0 Å². The zero-order valence-corrected chi connectivity index (χ0v) is 20.7. The van der Waals surface area contributed by atoms with Crippen LogP contribution >= 0.6 is 0 Å². The molecule has 3 aromatic carbocycles. The minimum Gasteiger partial charge on any atom is -0.452 e. The Balaban J connectivity index is 1.68. The fraction of sp³-hybridized carbons (Fsp3) is 0.192. The van der Waals surface area contributed by atoms with Crippen LogP contribution < -0.4 is 5.32 Å². The van der Waals surface area contributed by atoms with Gasteiger partial charge in [0.05, 0.1) is 10.5 Å². The molecule has 35 heavy (non-hydrogen) atoms. The van der Waals surface area contributed by atoms with Gasteiger partial charge in [-0.25, -0.2) is 17.5 Å². The number of benzene rings is 3. The molecule has 3 rings (SSSR count). The van der Waals surface area contributed by atoms with E-state index < -0.39 is 28.5 Å². The van der Waals surface area contributed by atoms with Crippen LogP contribution in [-0.2, 0) is 19.6 Å². The number of hydrogen-bond acceptors (Lipinski definition) is 6. The Bertz CT molecular complexity index is 1380. The minimum atomic E-state index is -3.59. The Morgan fingerprint density at radius 3 is 2.11 bits per heavy atom. The van der Waals surface area contributed by atoms with Crippen LogP contribution in [0.4, 0.5) is 5.69 Å². The lowest BCUT2D eigenvalue weighted by Gasteiger charge is -2.12. The summed E-state index contributed by atoms with van der Waals surface area (Å²) in [6, 6.07) is 17.4. The number of nitrogens with zero attached hydrogens (tertiary/aromatic N) is 1. The molecule has 0 bridgehead atoms. The van der Waals surface area contributed by atoms with Crippen molar-refractivity contribution >= 4 is 33.4 Å². The van der Waals surface area contributed by atoms with Crippen LogP contribution in [0.3, 0.4) is 0 Å². The van der Waals surface area contributed by atoms with E-state index in [1.165, 1.54) is 44.4 Å². The molecule has 0 saturated heterocycles.